The zero-order valence-corrected chi connectivity index (χ0v) is 21.4. The molecule has 3 rings (SSSR count). The first kappa shape index (κ1) is 27.4. The summed E-state index contributed by atoms with van der Waals surface area (Å²) in [6.45, 7) is 11.0. The van der Waals surface area contributed by atoms with Gasteiger partial charge in [-0.2, -0.15) is 0 Å². The van der Waals surface area contributed by atoms with Crippen LogP contribution in [0.15, 0.2) is 48.5 Å². The van der Waals surface area contributed by atoms with Crippen molar-refractivity contribution in [3.63, 3.8) is 0 Å². The molecule has 5 heteroatoms. The molecular formula is C28H40ClNO3. The standard InChI is InChI=1S/C28H39NO3.ClH/c1-5-6-11-26(27(30)31)29-18-16-24(17-19-29)32-20-22-9-7-8-10-25(22)21-12-14-23(15-13-21)28(2,3)4;/h7-10,12-15,24,26H,5-6,11,16-20H2,1-4H3,(H,30,31);1H. The smallest absolute Gasteiger partial charge is 0.320 e. The van der Waals surface area contributed by atoms with Gasteiger partial charge in [0.1, 0.15) is 6.04 Å². The van der Waals surface area contributed by atoms with Crippen molar-refractivity contribution in [2.24, 2.45) is 0 Å². The predicted molar refractivity (Wildman–Crippen MR) is 138 cm³/mol. The molecule has 0 aromatic heterocycles. The molecule has 0 radical (unpaired) electrons. The van der Waals surface area contributed by atoms with Gasteiger partial charge in [0.15, 0.2) is 0 Å². The quantitative estimate of drug-likeness (QED) is 0.440. The van der Waals surface area contributed by atoms with E-state index >= 15 is 0 Å². The second-order valence-electron chi connectivity index (χ2n) is 10.0. The van der Waals surface area contributed by atoms with Crippen LogP contribution >= 0.6 is 12.4 Å². The van der Waals surface area contributed by atoms with E-state index in [1.807, 2.05) is 0 Å². The number of benzene rings is 2. The number of piperidine rings is 1. The van der Waals surface area contributed by atoms with Crippen molar-refractivity contribution in [3.8, 4) is 11.1 Å². The summed E-state index contributed by atoms with van der Waals surface area (Å²) in [5, 5.41) is 9.60. The molecule has 1 aliphatic heterocycles. The number of carboxylic acid groups (broad SMARTS) is 1. The fourth-order valence-electron chi connectivity index (χ4n) is 4.50. The molecule has 0 amide bonds. The molecule has 0 saturated carbocycles. The van der Waals surface area contributed by atoms with E-state index in [2.05, 4.69) is 81.1 Å². The van der Waals surface area contributed by atoms with Gasteiger partial charge in [0, 0.05) is 13.1 Å². The maximum absolute atomic E-state index is 11.7. The van der Waals surface area contributed by atoms with E-state index in [1.54, 1.807) is 0 Å². The number of halogens is 1. The van der Waals surface area contributed by atoms with Gasteiger partial charge in [-0.15, -0.1) is 12.4 Å². The van der Waals surface area contributed by atoms with Crippen LogP contribution in [0.1, 0.15) is 70.9 Å². The van der Waals surface area contributed by atoms with E-state index in [4.69, 9.17) is 4.74 Å². The van der Waals surface area contributed by atoms with Crippen LogP contribution in [0.3, 0.4) is 0 Å². The Hall–Kier alpha value is -1.88. The van der Waals surface area contributed by atoms with Crippen LogP contribution in [0.5, 0.6) is 0 Å². The topological polar surface area (TPSA) is 49.8 Å². The lowest BCUT2D eigenvalue weighted by Gasteiger charge is -2.35. The summed E-state index contributed by atoms with van der Waals surface area (Å²) in [7, 11) is 0. The van der Waals surface area contributed by atoms with Gasteiger partial charge in [-0.1, -0.05) is 89.1 Å². The van der Waals surface area contributed by atoms with E-state index in [0.717, 1.165) is 45.2 Å². The predicted octanol–water partition coefficient (Wildman–Crippen LogP) is 6.70. The summed E-state index contributed by atoms with van der Waals surface area (Å²) in [6.07, 6.45) is 4.68. The number of ether oxygens (including phenoxy) is 1. The van der Waals surface area contributed by atoms with E-state index in [-0.39, 0.29) is 30.0 Å². The van der Waals surface area contributed by atoms with E-state index in [0.29, 0.717) is 6.61 Å². The third kappa shape index (κ3) is 7.56. The van der Waals surface area contributed by atoms with Gasteiger partial charge in [-0.25, -0.2) is 0 Å². The molecule has 0 aliphatic carbocycles. The first-order valence-electron chi connectivity index (χ1n) is 12.1. The van der Waals surface area contributed by atoms with Crippen LogP contribution in [-0.2, 0) is 21.6 Å². The minimum Gasteiger partial charge on any atom is -0.480 e. The Kier molecular flexibility index (Phi) is 10.4. The molecule has 182 valence electrons. The lowest BCUT2D eigenvalue weighted by atomic mass is 9.86. The number of hydrogen-bond acceptors (Lipinski definition) is 3. The van der Waals surface area contributed by atoms with Crippen molar-refractivity contribution >= 4 is 18.4 Å². The fraction of sp³-hybridized carbons (Fsp3) is 0.536. The van der Waals surface area contributed by atoms with E-state index < -0.39 is 5.97 Å². The molecule has 33 heavy (non-hydrogen) atoms. The summed E-state index contributed by atoms with van der Waals surface area (Å²) in [6, 6.07) is 17.0. The van der Waals surface area contributed by atoms with Crippen LogP contribution in [0.2, 0.25) is 0 Å². The molecule has 2 aromatic rings. The SMILES string of the molecule is CCCCC(C(=O)O)N1CCC(OCc2ccccc2-c2ccc(C(C)(C)C)cc2)CC1.Cl. The second kappa shape index (κ2) is 12.5. The Morgan fingerprint density at radius 1 is 1.09 bits per heavy atom. The number of carbonyl (C=O) groups is 1. The van der Waals surface area contributed by atoms with E-state index in [9.17, 15) is 9.90 Å². The lowest BCUT2D eigenvalue weighted by molar-refractivity contribution is -0.145. The first-order chi connectivity index (χ1) is 15.3. The number of hydrogen-bond donors (Lipinski definition) is 1. The van der Waals surface area contributed by atoms with Crippen molar-refractivity contribution in [2.75, 3.05) is 13.1 Å². The van der Waals surface area contributed by atoms with Crippen molar-refractivity contribution in [3.05, 3.63) is 59.7 Å². The molecule has 0 bridgehead atoms. The van der Waals surface area contributed by atoms with Crippen LogP contribution in [0.4, 0.5) is 0 Å². The highest BCUT2D eigenvalue weighted by Gasteiger charge is 2.29. The normalized spacial score (nSPS) is 16.2. The third-order valence-electron chi connectivity index (χ3n) is 6.59. The number of rotatable bonds is 9. The number of nitrogens with zero attached hydrogens (tertiary/aromatic N) is 1. The van der Waals surface area contributed by atoms with Gasteiger partial charge >= 0.3 is 5.97 Å². The third-order valence-corrected chi connectivity index (χ3v) is 6.59. The van der Waals surface area contributed by atoms with Gasteiger partial charge in [0.2, 0.25) is 0 Å². The Balaban J connectivity index is 0.00000385. The Labute approximate surface area is 205 Å². The molecule has 1 fully saturated rings. The van der Waals surface area contributed by atoms with Crippen molar-refractivity contribution in [1.82, 2.24) is 4.90 Å². The average molecular weight is 474 g/mol. The molecule has 1 saturated heterocycles. The molecule has 0 spiro atoms. The second-order valence-corrected chi connectivity index (χ2v) is 10.0. The highest BCUT2D eigenvalue weighted by Crippen LogP contribution is 2.29. The Bertz CT molecular complexity index is 867. The summed E-state index contributed by atoms with van der Waals surface area (Å²) in [5.41, 5.74) is 5.11. The Morgan fingerprint density at radius 2 is 1.73 bits per heavy atom. The molecule has 2 aromatic carbocycles. The molecule has 1 aliphatic rings. The Morgan fingerprint density at radius 3 is 2.30 bits per heavy atom. The highest BCUT2D eigenvalue weighted by atomic mass is 35.5. The first-order valence-corrected chi connectivity index (χ1v) is 12.1. The van der Waals surface area contributed by atoms with Crippen LogP contribution in [-0.4, -0.2) is 41.2 Å². The molecule has 1 heterocycles. The van der Waals surface area contributed by atoms with Crippen molar-refractivity contribution in [2.45, 2.75) is 84.0 Å². The number of carboxylic acids is 1. The number of unbranched alkanes of at least 4 members (excludes halogenated alkanes) is 1. The van der Waals surface area contributed by atoms with Gasteiger partial charge in [-0.3, -0.25) is 9.69 Å². The number of aliphatic carboxylic acids is 1. The summed E-state index contributed by atoms with van der Waals surface area (Å²) in [5.74, 6) is -0.691. The van der Waals surface area contributed by atoms with Gasteiger partial charge in [0.25, 0.3) is 0 Å². The molecule has 4 nitrogen and oxygen atoms in total. The zero-order chi connectivity index (χ0) is 23.1. The fourth-order valence-corrected chi connectivity index (χ4v) is 4.50. The van der Waals surface area contributed by atoms with Gasteiger partial charge in [0.05, 0.1) is 12.7 Å². The van der Waals surface area contributed by atoms with Crippen LogP contribution in [0.25, 0.3) is 11.1 Å². The minimum atomic E-state index is -0.691. The summed E-state index contributed by atoms with van der Waals surface area (Å²) in [4.78, 5) is 13.8. The van der Waals surface area contributed by atoms with Gasteiger partial charge < -0.3 is 9.84 Å². The zero-order valence-electron chi connectivity index (χ0n) is 20.5. The molecule has 1 N–H and O–H groups in total. The summed E-state index contributed by atoms with van der Waals surface area (Å²) < 4.78 is 6.30. The lowest BCUT2D eigenvalue weighted by Crippen LogP contribution is -2.47. The summed E-state index contributed by atoms with van der Waals surface area (Å²) >= 11 is 0. The highest BCUT2D eigenvalue weighted by molar-refractivity contribution is 5.85. The maximum atomic E-state index is 11.7. The van der Waals surface area contributed by atoms with Crippen LogP contribution < -0.4 is 0 Å². The average Bonchev–Trinajstić information content (AvgIpc) is 2.78. The molecular weight excluding hydrogens is 434 g/mol. The molecule has 1 atom stereocenters. The largest absolute Gasteiger partial charge is 0.480 e. The number of likely N-dealkylation sites (tertiary alicyclic amines) is 1. The minimum absolute atomic E-state index is 0. The maximum Gasteiger partial charge on any atom is 0.320 e. The van der Waals surface area contributed by atoms with Crippen LogP contribution in [0, 0.1) is 0 Å². The van der Waals surface area contributed by atoms with Crippen molar-refractivity contribution < 1.29 is 14.6 Å². The monoisotopic (exact) mass is 473 g/mol. The van der Waals surface area contributed by atoms with Gasteiger partial charge in [-0.05, 0) is 46.9 Å². The van der Waals surface area contributed by atoms with E-state index in [1.165, 1.54) is 22.3 Å². The van der Waals surface area contributed by atoms with Crippen molar-refractivity contribution in [1.29, 1.82) is 0 Å². The molecule has 1 unspecified atom stereocenters.